The molecule has 1 fully saturated rings. The van der Waals surface area contributed by atoms with Crippen molar-refractivity contribution in [3.8, 4) is 0 Å². The van der Waals surface area contributed by atoms with Gasteiger partial charge < -0.3 is 5.32 Å². The molecule has 1 unspecified atom stereocenters. The van der Waals surface area contributed by atoms with E-state index in [1.807, 2.05) is 0 Å². The Morgan fingerprint density at radius 2 is 1.85 bits per heavy atom. The number of rotatable bonds is 7. The lowest BCUT2D eigenvalue weighted by Crippen LogP contribution is -2.57. The van der Waals surface area contributed by atoms with E-state index in [2.05, 4.69) is 54.4 Å². The molecule has 2 heteroatoms. The predicted molar refractivity (Wildman–Crippen MR) is 87.0 cm³/mol. The van der Waals surface area contributed by atoms with Crippen LogP contribution in [0.15, 0.2) is 30.3 Å². The fraction of sp³-hybridized carbons (Fsp3) is 0.667. The van der Waals surface area contributed by atoms with Crippen molar-refractivity contribution in [1.82, 2.24) is 10.2 Å². The topological polar surface area (TPSA) is 15.3 Å². The van der Waals surface area contributed by atoms with Crippen LogP contribution in [0.4, 0.5) is 0 Å². The van der Waals surface area contributed by atoms with Crippen LogP contribution in [-0.2, 0) is 5.54 Å². The van der Waals surface area contributed by atoms with E-state index >= 15 is 0 Å². The Morgan fingerprint density at radius 3 is 2.60 bits per heavy atom. The number of unbranched alkanes of at least 4 members (excludes halogenated alkanes) is 4. The fourth-order valence-corrected chi connectivity index (χ4v) is 3.25. The molecule has 0 saturated carbocycles. The Morgan fingerprint density at radius 1 is 1.10 bits per heavy atom. The summed E-state index contributed by atoms with van der Waals surface area (Å²) in [7, 11) is 0. The molecule has 1 aliphatic rings. The van der Waals surface area contributed by atoms with Crippen LogP contribution in [0, 0.1) is 0 Å². The highest BCUT2D eigenvalue weighted by Gasteiger charge is 2.35. The summed E-state index contributed by atoms with van der Waals surface area (Å²) in [6.07, 6.45) is 6.82. The van der Waals surface area contributed by atoms with E-state index in [0.717, 1.165) is 13.1 Å². The monoisotopic (exact) mass is 274 g/mol. The van der Waals surface area contributed by atoms with Crippen LogP contribution >= 0.6 is 0 Å². The average Bonchev–Trinajstić information content (AvgIpc) is 2.50. The normalized spacial score (nSPS) is 23.9. The van der Waals surface area contributed by atoms with Gasteiger partial charge in [0.25, 0.3) is 0 Å². The third-order valence-electron chi connectivity index (χ3n) is 4.65. The molecule has 2 rings (SSSR count). The molecule has 1 aliphatic heterocycles. The third kappa shape index (κ3) is 3.83. The highest BCUT2D eigenvalue weighted by Crippen LogP contribution is 2.29. The number of hydrogen-bond acceptors (Lipinski definition) is 2. The molecule has 0 amide bonds. The van der Waals surface area contributed by atoms with Crippen molar-refractivity contribution in [3.63, 3.8) is 0 Å². The molecule has 1 aromatic carbocycles. The lowest BCUT2D eigenvalue weighted by Gasteiger charge is -2.46. The van der Waals surface area contributed by atoms with Crippen LogP contribution in [0.3, 0.4) is 0 Å². The maximum atomic E-state index is 3.57. The molecular weight excluding hydrogens is 244 g/mol. The van der Waals surface area contributed by atoms with Crippen LogP contribution < -0.4 is 5.32 Å². The summed E-state index contributed by atoms with van der Waals surface area (Å²) in [5.41, 5.74) is 1.60. The second-order valence-electron chi connectivity index (χ2n) is 6.22. The van der Waals surface area contributed by atoms with Crippen molar-refractivity contribution in [1.29, 1.82) is 0 Å². The average molecular weight is 274 g/mol. The Hall–Kier alpha value is -0.860. The van der Waals surface area contributed by atoms with Gasteiger partial charge in [0.2, 0.25) is 0 Å². The molecule has 2 nitrogen and oxygen atoms in total. The number of benzene rings is 1. The Labute approximate surface area is 124 Å². The molecule has 0 spiro atoms. The van der Waals surface area contributed by atoms with Gasteiger partial charge in [0.15, 0.2) is 0 Å². The highest BCUT2D eigenvalue weighted by molar-refractivity contribution is 5.25. The van der Waals surface area contributed by atoms with E-state index in [0.29, 0.717) is 0 Å². The molecule has 1 atom stereocenters. The van der Waals surface area contributed by atoms with Gasteiger partial charge in [-0.05, 0) is 25.5 Å². The lowest BCUT2D eigenvalue weighted by atomic mass is 9.88. The summed E-state index contributed by atoms with van der Waals surface area (Å²) in [5.74, 6) is 0. The number of nitrogens with zero attached hydrogens (tertiary/aromatic N) is 1. The second-order valence-corrected chi connectivity index (χ2v) is 6.22. The fourth-order valence-electron chi connectivity index (χ4n) is 3.25. The maximum Gasteiger partial charge on any atom is 0.0557 e. The lowest BCUT2D eigenvalue weighted by molar-refractivity contribution is 0.0710. The van der Waals surface area contributed by atoms with Gasteiger partial charge in [0.1, 0.15) is 0 Å². The van der Waals surface area contributed by atoms with Gasteiger partial charge in [-0.3, -0.25) is 4.90 Å². The van der Waals surface area contributed by atoms with E-state index in [9.17, 15) is 0 Å². The van der Waals surface area contributed by atoms with Crippen molar-refractivity contribution in [2.24, 2.45) is 0 Å². The molecule has 1 heterocycles. The summed E-state index contributed by atoms with van der Waals surface area (Å²) in [4.78, 5) is 2.69. The molecule has 1 saturated heterocycles. The molecule has 1 N–H and O–H groups in total. The van der Waals surface area contributed by atoms with Crippen LogP contribution in [0.2, 0.25) is 0 Å². The number of piperazine rings is 1. The molecule has 0 aliphatic carbocycles. The SMILES string of the molecule is CCCCCCCN1CCNCC1(C)c1ccccc1. The second kappa shape index (κ2) is 7.80. The molecule has 112 valence electrons. The van der Waals surface area contributed by atoms with Crippen molar-refractivity contribution in [2.45, 2.75) is 51.5 Å². The number of hydrogen-bond donors (Lipinski definition) is 1. The first-order chi connectivity index (χ1) is 9.77. The van der Waals surface area contributed by atoms with Gasteiger partial charge in [-0.2, -0.15) is 0 Å². The van der Waals surface area contributed by atoms with Crippen LogP contribution in [0.25, 0.3) is 0 Å². The van der Waals surface area contributed by atoms with Gasteiger partial charge in [0, 0.05) is 19.6 Å². The Kier molecular flexibility index (Phi) is 6.06. The third-order valence-corrected chi connectivity index (χ3v) is 4.65. The van der Waals surface area contributed by atoms with Crippen molar-refractivity contribution >= 4 is 0 Å². The minimum atomic E-state index is 0.157. The first kappa shape index (κ1) is 15.5. The summed E-state index contributed by atoms with van der Waals surface area (Å²) in [6.45, 7) is 9.25. The number of nitrogens with one attached hydrogen (secondary N) is 1. The first-order valence-corrected chi connectivity index (χ1v) is 8.28. The summed E-state index contributed by atoms with van der Waals surface area (Å²) < 4.78 is 0. The van der Waals surface area contributed by atoms with E-state index < -0.39 is 0 Å². The van der Waals surface area contributed by atoms with Crippen LogP contribution in [-0.4, -0.2) is 31.1 Å². The van der Waals surface area contributed by atoms with E-state index in [4.69, 9.17) is 0 Å². The Balaban J connectivity index is 1.94. The smallest absolute Gasteiger partial charge is 0.0557 e. The Bertz CT molecular complexity index is 376. The van der Waals surface area contributed by atoms with E-state index in [1.54, 1.807) is 0 Å². The zero-order valence-electron chi connectivity index (χ0n) is 13.2. The minimum Gasteiger partial charge on any atom is -0.313 e. The molecule has 0 bridgehead atoms. The van der Waals surface area contributed by atoms with E-state index in [-0.39, 0.29) is 5.54 Å². The quantitative estimate of drug-likeness (QED) is 0.761. The highest BCUT2D eigenvalue weighted by atomic mass is 15.3. The van der Waals surface area contributed by atoms with Crippen molar-refractivity contribution < 1.29 is 0 Å². The first-order valence-electron chi connectivity index (χ1n) is 8.28. The van der Waals surface area contributed by atoms with E-state index in [1.165, 1.54) is 50.8 Å². The predicted octanol–water partition coefficient (Wildman–Crippen LogP) is 3.78. The molecular formula is C18H30N2. The summed E-state index contributed by atoms with van der Waals surface area (Å²) >= 11 is 0. The zero-order valence-corrected chi connectivity index (χ0v) is 13.2. The molecule has 0 radical (unpaired) electrons. The molecule has 0 aromatic heterocycles. The standard InChI is InChI=1S/C18H30N2/c1-3-4-5-6-10-14-20-15-13-19-16-18(20,2)17-11-8-7-9-12-17/h7-9,11-12,19H,3-6,10,13-16H2,1-2H3. The van der Waals surface area contributed by atoms with Crippen LogP contribution in [0.5, 0.6) is 0 Å². The van der Waals surface area contributed by atoms with Gasteiger partial charge >= 0.3 is 0 Å². The summed E-state index contributed by atoms with van der Waals surface area (Å²) in [6, 6.07) is 11.0. The van der Waals surface area contributed by atoms with Crippen molar-refractivity contribution in [3.05, 3.63) is 35.9 Å². The largest absolute Gasteiger partial charge is 0.313 e. The minimum absolute atomic E-state index is 0.157. The van der Waals surface area contributed by atoms with Gasteiger partial charge in [-0.1, -0.05) is 62.9 Å². The van der Waals surface area contributed by atoms with Crippen molar-refractivity contribution in [2.75, 3.05) is 26.2 Å². The maximum absolute atomic E-state index is 3.57. The molecule has 20 heavy (non-hydrogen) atoms. The molecule has 1 aromatic rings. The zero-order chi connectivity index (χ0) is 14.3. The summed E-state index contributed by atoms with van der Waals surface area (Å²) in [5, 5.41) is 3.57. The van der Waals surface area contributed by atoms with Gasteiger partial charge in [-0.15, -0.1) is 0 Å². The van der Waals surface area contributed by atoms with Gasteiger partial charge in [-0.25, -0.2) is 0 Å². The van der Waals surface area contributed by atoms with Gasteiger partial charge in [0.05, 0.1) is 5.54 Å². The van der Waals surface area contributed by atoms with Crippen LogP contribution in [0.1, 0.15) is 51.5 Å².